The Morgan fingerprint density at radius 2 is 1.43 bits per heavy atom. The van der Waals surface area contributed by atoms with Crippen molar-refractivity contribution in [3.05, 3.63) is 103 Å². The molecule has 0 aromatic heterocycles. The Bertz CT molecular complexity index is 1350. The normalized spacial score (nSPS) is 14.5. The largest absolute Gasteiger partial charge is 0.465 e. The molecule has 0 saturated heterocycles. The summed E-state index contributed by atoms with van der Waals surface area (Å²) in [7, 11) is 1.14. The first-order valence-corrected chi connectivity index (χ1v) is 10.7. The van der Waals surface area contributed by atoms with E-state index in [4.69, 9.17) is 9.47 Å². The molecule has 3 aromatic carbocycles. The number of hydrogen-bond donors (Lipinski definition) is 0. The van der Waals surface area contributed by atoms with Gasteiger partial charge in [0.05, 0.1) is 28.1 Å². The number of hydrogen-bond acceptors (Lipinski definition) is 8. The second kappa shape index (κ2) is 9.72. The molecule has 0 bridgehead atoms. The third-order valence-corrected chi connectivity index (χ3v) is 5.91. The summed E-state index contributed by atoms with van der Waals surface area (Å²) in [5.74, 6) is -1.58. The van der Waals surface area contributed by atoms with Crippen LogP contribution in [0.1, 0.15) is 50.8 Å². The standard InChI is InChI=1S/C25H20N2O8/c1-34-24(28)19-11-9-16(26(30)31)13-21(19)22-14-17(27(32)33)10-12-20(22)25(29)35-23-8-4-6-15-5-2-3-7-18(15)23/h2-3,5,7,9-14,23H,4,6,8H2,1H3/t23-/m1/s1. The number of non-ortho nitro benzene ring substituents is 2. The van der Waals surface area contributed by atoms with Crippen LogP contribution in [-0.2, 0) is 15.9 Å². The van der Waals surface area contributed by atoms with Gasteiger partial charge in [0.25, 0.3) is 11.4 Å². The lowest BCUT2D eigenvalue weighted by atomic mass is 9.89. The maximum atomic E-state index is 13.3. The number of nitro benzene ring substituents is 2. The second-order valence-corrected chi connectivity index (χ2v) is 7.95. The van der Waals surface area contributed by atoms with E-state index < -0.39 is 27.9 Å². The zero-order valence-corrected chi connectivity index (χ0v) is 18.6. The minimum Gasteiger partial charge on any atom is -0.465 e. The van der Waals surface area contributed by atoms with Crippen LogP contribution in [0.4, 0.5) is 11.4 Å². The van der Waals surface area contributed by atoms with Crippen molar-refractivity contribution >= 4 is 23.3 Å². The first-order valence-electron chi connectivity index (χ1n) is 10.7. The molecular formula is C25H20N2O8. The third kappa shape index (κ3) is 4.72. The first-order chi connectivity index (χ1) is 16.8. The summed E-state index contributed by atoms with van der Waals surface area (Å²) in [6.45, 7) is 0. The summed E-state index contributed by atoms with van der Waals surface area (Å²) in [6, 6.07) is 14.5. The zero-order chi connectivity index (χ0) is 25.1. The fourth-order valence-electron chi connectivity index (χ4n) is 4.23. The van der Waals surface area contributed by atoms with Gasteiger partial charge in [-0.05, 0) is 42.5 Å². The summed E-state index contributed by atoms with van der Waals surface area (Å²) in [4.78, 5) is 47.3. The topological polar surface area (TPSA) is 139 Å². The van der Waals surface area contributed by atoms with E-state index in [2.05, 4.69) is 0 Å². The Morgan fingerprint density at radius 3 is 2.00 bits per heavy atom. The van der Waals surface area contributed by atoms with Gasteiger partial charge in [-0.2, -0.15) is 0 Å². The number of nitrogens with zero attached hydrogens (tertiary/aromatic N) is 2. The molecule has 0 amide bonds. The molecular weight excluding hydrogens is 456 g/mol. The highest BCUT2D eigenvalue weighted by Gasteiger charge is 2.28. The molecule has 0 spiro atoms. The van der Waals surface area contributed by atoms with E-state index in [9.17, 15) is 29.8 Å². The Hall–Kier alpha value is -4.60. The predicted molar refractivity (Wildman–Crippen MR) is 124 cm³/mol. The molecule has 0 heterocycles. The monoisotopic (exact) mass is 476 g/mol. The van der Waals surface area contributed by atoms with E-state index in [0.29, 0.717) is 6.42 Å². The number of aryl methyl sites for hydroxylation is 1. The molecule has 10 nitrogen and oxygen atoms in total. The predicted octanol–water partition coefficient (Wildman–Crippen LogP) is 5.19. The Labute approximate surface area is 199 Å². The van der Waals surface area contributed by atoms with Crippen LogP contribution in [0, 0.1) is 20.2 Å². The highest BCUT2D eigenvalue weighted by atomic mass is 16.6. The maximum absolute atomic E-state index is 13.3. The fourth-order valence-corrected chi connectivity index (χ4v) is 4.23. The number of ether oxygens (including phenoxy) is 2. The molecule has 0 radical (unpaired) electrons. The van der Waals surface area contributed by atoms with Crippen LogP contribution in [-0.4, -0.2) is 28.9 Å². The molecule has 178 valence electrons. The minimum atomic E-state index is -0.818. The van der Waals surface area contributed by atoms with Crippen molar-refractivity contribution in [3.8, 4) is 11.1 Å². The molecule has 35 heavy (non-hydrogen) atoms. The number of benzene rings is 3. The molecule has 1 aliphatic carbocycles. The van der Waals surface area contributed by atoms with Crippen LogP contribution in [0.3, 0.4) is 0 Å². The maximum Gasteiger partial charge on any atom is 0.339 e. The summed E-state index contributed by atoms with van der Waals surface area (Å²) >= 11 is 0. The molecule has 0 saturated carbocycles. The number of methoxy groups -OCH3 is 1. The van der Waals surface area contributed by atoms with Crippen molar-refractivity contribution < 1.29 is 28.9 Å². The zero-order valence-electron chi connectivity index (χ0n) is 18.6. The van der Waals surface area contributed by atoms with Crippen LogP contribution >= 0.6 is 0 Å². The number of rotatable bonds is 6. The fraction of sp³-hybridized carbons (Fsp3) is 0.200. The smallest absolute Gasteiger partial charge is 0.339 e. The van der Waals surface area contributed by atoms with Crippen molar-refractivity contribution in [2.24, 2.45) is 0 Å². The molecule has 1 aliphatic rings. The van der Waals surface area contributed by atoms with E-state index in [-0.39, 0.29) is 33.6 Å². The Kier molecular flexibility index (Phi) is 6.54. The lowest BCUT2D eigenvalue weighted by Gasteiger charge is -2.25. The summed E-state index contributed by atoms with van der Waals surface area (Å²) in [6.07, 6.45) is 1.78. The van der Waals surface area contributed by atoms with Crippen molar-refractivity contribution in [2.45, 2.75) is 25.4 Å². The van der Waals surface area contributed by atoms with E-state index in [0.717, 1.165) is 55.3 Å². The van der Waals surface area contributed by atoms with E-state index in [1.54, 1.807) is 0 Å². The van der Waals surface area contributed by atoms with Gasteiger partial charge in [0.15, 0.2) is 0 Å². The minimum absolute atomic E-state index is 0.0441. The number of fused-ring (bicyclic) bond motifs is 1. The van der Waals surface area contributed by atoms with Crippen LogP contribution < -0.4 is 0 Å². The molecule has 10 heteroatoms. The first kappa shape index (κ1) is 23.6. The van der Waals surface area contributed by atoms with Gasteiger partial charge in [-0.15, -0.1) is 0 Å². The second-order valence-electron chi connectivity index (χ2n) is 7.95. The summed E-state index contributed by atoms with van der Waals surface area (Å²) in [5.41, 5.74) is 0.998. The lowest BCUT2D eigenvalue weighted by molar-refractivity contribution is -0.385. The number of carbonyl (C=O) groups excluding carboxylic acids is 2. The molecule has 1 atom stereocenters. The molecule has 0 N–H and O–H groups in total. The molecule has 3 aromatic rings. The molecule has 0 fully saturated rings. The van der Waals surface area contributed by atoms with Crippen molar-refractivity contribution in [1.82, 2.24) is 0 Å². The number of carbonyl (C=O) groups is 2. The van der Waals surface area contributed by atoms with E-state index >= 15 is 0 Å². The van der Waals surface area contributed by atoms with Crippen molar-refractivity contribution in [1.29, 1.82) is 0 Å². The van der Waals surface area contributed by atoms with Crippen LogP contribution in [0.15, 0.2) is 60.7 Å². The quantitative estimate of drug-likeness (QED) is 0.269. The van der Waals surface area contributed by atoms with Crippen LogP contribution in [0.2, 0.25) is 0 Å². The number of esters is 2. The van der Waals surface area contributed by atoms with E-state index in [1.807, 2.05) is 24.3 Å². The Balaban J connectivity index is 1.83. The SMILES string of the molecule is COC(=O)c1ccc([N+](=O)[O-])cc1-c1cc([N+](=O)[O-])ccc1C(=O)O[C@@H]1CCCc2ccccc21. The molecule has 0 unspecified atom stereocenters. The Morgan fingerprint density at radius 1 is 0.857 bits per heavy atom. The van der Waals surface area contributed by atoms with Gasteiger partial charge in [-0.3, -0.25) is 20.2 Å². The van der Waals surface area contributed by atoms with Gasteiger partial charge in [-0.25, -0.2) is 9.59 Å². The highest BCUT2D eigenvalue weighted by Crippen LogP contribution is 2.37. The molecule has 4 rings (SSSR count). The third-order valence-electron chi connectivity index (χ3n) is 5.91. The van der Waals surface area contributed by atoms with Gasteiger partial charge >= 0.3 is 11.9 Å². The average Bonchev–Trinajstić information content (AvgIpc) is 2.87. The summed E-state index contributed by atoms with van der Waals surface area (Å²) < 4.78 is 10.6. The van der Waals surface area contributed by atoms with Crippen LogP contribution in [0.5, 0.6) is 0 Å². The van der Waals surface area contributed by atoms with Gasteiger partial charge in [0.2, 0.25) is 0 Å². The lowest BCUT2D eigenvalue weighted by Crippen LogP contribution is -2.17. The van der Waals surface area contributed by atoms with Gasteiger partial charge < -0.3 is 9.47 Å². The molecule has 0 aliphatic heterocycles. The van der Waals surface area contributed by atoms with Crippen molar-refractivity contribution in [3.63, 3.8) is 0 Å². The van der Waals surface area contributed by atoms with Crippen LogP contribution in [0.25, 0.3) is 11.1 Å². The number of nitro groups is 2. The average molecular weight is 476 g/mol. The van der Waals surface area contributed by atoms with Crippen molar-refractivity contribution in [2.75, 3.05) is 7.11 Å². The highest BCUT2D eigenvalue weighted by molar-refractivity contribution is 6.04. The van der Waals surface area contributed by atoms with E-state index in [1.165, 1.54) is 12.1 Å². The van der Waals surface area contributed by atoms with Gasteiger partial charge in [0, 0.05) is 35.4 Å². The van der Waals surface area contributed by atoms with Gasteiger partial charge in [0.1, 0.15) is 6.10 Å². The van der Waals surface area contributed by atoms with Gasteiger partial charge in [-0.1, -0.05) is 24.3 Å². The summed E-state index contributed by atoms with van der Waals surface area (Å²) in [5, 5.41) is 22.9.